The number of ether oxygens (including phenoxy) is 2. The van der Waals surface area contributed by atoms with Crippen LogP contribution in [-0.4, -0.2) is 52.0 Å². The minimum Gasteiger partial charge on any atom is -0.489 e. The van der Waals surface area contributed by atoms with Crippen LogP contribution in [0.5, 0.6) is 5.75 Å². The van der Waals surface area contributed by atoms with Crippen molar-refractivity contribution in [3.63, 3.8) is 0 Å². The Morgan fingerprint density at radius 2 is 1.39 bits per heavy atom. The molecule has 10 heteroatoms. The summed E-state index contributed by atoms with van der Waals surface area (Å²) in [6, 6.07) is 36.7. The van der Waals surface area contributed by atoms with Gasteiger partial charge in [0.05, 0.1) is 24.5 Å². The molecule has 2 N–H and O–H groups in total. The molecule has 0 unspecified atom stereocenters. The van der Waals surface area contributed by atoms with E-state index in [9.17, 15) is 14.4 Å². The first-order chi connectivity index (χ1) is 24.7. The summed E-state index contributed by atoms with van der Waals surface area (Å²) in [5.74, 6) is -0.797. The highest BCUT2D eigenvalue weighted by Crippen LogP contribution is 2.23. The lowest BCUT2D eigenvalue weighted by atomic mass is 9.84. The highest BCUT2D eigenvalue weighted by atomic mass is 16.5. The molecule has 0 bridgehead atoms. The second-order valence-corrected chi connectivity index (χ2v) is 13.1. The van der Waals surface area contributed by atoms with Gasteiger partial charge in [-0.05, 0) is 34.4 Å². The summed E-state index contributed by atoms with van der Waals surface area (Å²) in [4.78, 5) is 46.5. The molecular formula is C41H45N5O5. The van der Waals surface area contributed by atoms with Gasteiger partial charge in [-0.25, -0.2) is 9.78 Å². The van der Waals surface area contributed by atoms with Crippen molar-refractivity contribution in [2.75, 3.05) is 19.6 Å². The van der Waals surface area contributed by atoms with Crippen LogP contribution in [0.3, 0.4) is 0 Å². The van der Waals surface area contributed by atoms with Crippen LogP contribution in [0, 0.1) is 0 Å². The Morgan fingerprint density at radius 3 is 2.00 bits per heavy atom. The molecule has 4 aromatic carbocycles. The maximum absolute atomic E-state index is 14.5. The van der Waals surface area contributed by atoms with E-state index in [-0.39, 0.29) is 43.5 Å². The molecule has 1 atom stereocenters. The third-order valence-electron chi connectivity index (χ3n) is 8.65. The smallest absolute Gasteiger partial charge is 0.407 e. The molecule has 0 aliphatic rings. The monoisotopic (exact) mass is 687 g/mol. The summed E-state index contributed by atoms with van der Waals surface area (Å²) in [7, 11) is 1.78. The summed E-state index contributed by atoms with van der Waals surface area (Å²) >= 11 is 0. The maximum Gasteiger partial charge on any atom is 0.407 e. The molecule has 0 fully saturated rings. The normalized spacial score (nSPS) is 11.7. The van der Waals surface area contributed by atoms with Crippen molar-refractivity contribution in [1.29, 1.82) is 0 Å². The zero-order valence-electron chi connectivity index (χ0n) is 29.3. The lowest BCUT2D eigenvalue weighted by Gasteiger charge is -2.29. The third kappa shape index (κ3) is 10.8. The number of hydrogen-bond acceptors (Lipinski definition) is 6. The van der Waals surface area contributed by atoms with Crippen molar-refractivity contribution < 1.29 is 23.9 Å². The van der Waals surface area contributed by atoms with E-state index in [0.717, 1.165) is 22.3 Å². The van der Waals surface area contributed by atoms with Gasteiger partial charge in [-0.15, -0.1) is 0 Å². The van der Waals surface area contributed by atoms with E-state index in [1.165, 1.54) is 4.90 Å². The first kappa shape index (κ1) is 36.4. The van der Waals surface area contributed by atoms with Gasteiger partial charge in [0.2, 0.25) is 11.8 Å². The van der Waals surface area contributed by atoms with E-state index < -0.39 is 12.0 Å². The van der Waals surface area contributed by atoms with E-state index in [1.54, 1.807) is 24.1 Å². The average molecular weight is 688 g/mol. The SMILES string of the molecule is Cn1cncc1[C@H](CNC(=O)OCc1ccccc1)C(=O)N(CC(=O)NCC(C)(C)c1ccccc1)Cc1ccc(OCc2ccccc2)cc1. The van der Waals surface area contributed by atoms with Gasteiger partial charge in [0, 0.05) is 38.3 Å². The fourth-order valence-corrected chi connectivity index (χ4v) is 5.61. The molecule has 264 valence electrons. The van der Waals surface area contributed by atoms with E-state index in [2.05, 4.69) is 29.5 Å². The summed E-state index contributed by atoms with van der Waals surface area (Å²) in [6.07, 6.45) is 2.54. The van der Waals surface area contributed by atoms with Crippen molar-refractivity contribution in [2.45, 2.75) is 44.9 Å². The molecule has 51 heavy (non-hydrogen) atoms. The summed E-state index contributed by atoms with van der Waals surface area (Å²) in [5, 5.41) is 5.79. The Morgan fingerprint density at radius 1 is 0.784 bits per heavy atom. The van der Waals surface area contributed by atoms with Gasteiger partial charge < -0.3 is 29.6 Å². The zero-order valence-corrected chi connectivity index (χ0v) is 29.3. The highest BCUT2D eigenvalue weighted by Gasteiger charge is 2.31. The second-order valence-electron chi connectivity index (χ2n) is 13.1. The van der Waals surface area contributed by atoms with Crippen LogP contribution in [0.1, 0.15) is 47.7 Å². The summed E-state index contributed by atoms with van der Waals surface area (Å²) in [6.45, 7) is 4.93. The number of hydrogen-bond donors (Lipinski definition) is 2. The molecule has 0 radical (unpaired) electrons. The minimum atomic E-state index is -0.844. The van der Waals surface area contributed by atoms with Crippen LogP contribution in [-0.2, 0) is 46.5 Å². The second kappa shape index (κ2) is 17.7. The maximum atomic E-state index is 14.5. The van der Waals surface area contributed by atoms with Crippen molar-refractivity contribution >= 4 is 17.9 Å². The number of imidazole rings is 1. The number of nitrogens with one attached hydrogen (secondary N) is 2. The van der Waals surface area contributed by atoms with Crippen LogP contribution in [0.2, 0.25) is 0 Å². The van der Waals surface area contributed by atoms with Crippen LogP contribution >= 0.6 is 0 Å². The lowest BCUT2D eigenvalue weighted by molar-refractivity contribution is -0.138. The number of aromatic nitrogens is 2. The molecule has 5 aromatic rings. The molecule has 1 heterocycles. The number of carbonyl (C=O) groups excluding carboxylic acids is 3. The van der Waals surface area contributed by atoms with Gasteiger partial charge in [0.1, 0.15) is 19.0 Å². The number of carbonyl (C=O) groups is 3. The van der Waals surface area contributed by atoms with Crippen LogP contribution in [0.4, 0.5) is 4.79 Å². The number of rotatable bonds is 16. The largest absolute Gasteiger partial charge is 0.489 e. The molecule has 10 nitrogen and oxygen atoms in total. The van der Waals surface area contributed by atoms with Gasteiger partial charge in [-0.2, -0.15) is 0 Å². The van der Waals surface area contributed by atoms with Crippen LogP contribution < -0.4 is 15.4 Å². The Labute approximate surface area is 299 Å². The van der Waals surface area contributed by atoms with E-state index in [0.29, 0.717) is 24.6 Å². The number of benzene rings is 4. The molecule has 5 rings (SSSR count). The lowest BCUT2D eigenvalue weighted by Crippen LogP contribution is -2.46. The molecule has 3 amide bonds. The van der Waals surface area contributed by atoms with Crippen molar-refractivity contribution in [3.05, 3.63) is 156 Å². The predicted octanol–water partition coefficient (Wildman–Crippen LogP) is 6.13. The predicted molar refractivity (Wildman–Crippen MR) is 196 cm³/mol. The van der Waals surface area contributed by atoms with Gasteiger partial charge in [-0.1, -0.05) is 117 Å². The Kier molecular flexibility index (Phi) is 12.6. The Balaban J connectivity index is 1.31. The molecule has 0 spiro atoms. The first-order valence-electron chi connectivity index (χ1n) is 17.0. The fraction of sp³-hybridized carbons (Fsp3) is 0.268. The topological polar surface area (TPSA) is 115 Å². The quantitative estimate of drug-likeness (QED) is 0.129. The van der Waals surface area contributed by atoms with Crippen LogP contribution in [0.25, 0.3) is 0 Å². The molecule has 0 aliphatic heterocycles. The number of nitrogens with zero attached hydrogens (tertiary/aromatic N) is 3. The third-order valence-corrected chi connectivity index (χ3v) is 8.65. The fourth-order valence-electron chi connectivity index (χ4n) is 5.61. The van der Waals surface area contributed by atoms with Crippen molar-refractivity contribution in [3.8, 4) is 5.75 Å². The first-order valence-corrected chi connectivity index (χ1v) is 17.0. The standard InChI is InChI=1S/C41H45N5O5/c1-41(2,34-17-11-6-12-18-34)29-44-38(47)26-46(25-31-19-21-35(22-20-31)50-27-32-13-7-4-8-14-32)39(48)36(37-24-42-30-45(37)3)23-43-40(49)51-28-33-15-9-5-10-16-33/h4-22,24,30,36H,23,25-29H2,1-3H3,(H,43,49)(H,44,47)/t36-/m0/s1. The van der Waals surface area contributed by atoms with Crippen molar-refractivity contribution in [2.24, 2.45) is 7.05 Å². The van der Waals surface area contributed by atoms with Crippen LogP contribution in [0.15, 0.2) is 128 Å². The van der Waals surface area contributed by atoms with Gasteiger partial charge in [0.25, 0.3) is 0 Å². The van der Waals surface area contributed by atoms with Gasteiger partial charge in [-0.3, -0.25) is 9.59 Å². The molecule has 0 saturated heterocycles. The molecule has 0 saturated carbocycles. The minimum absolute atomic E-state index is 0.0581. The van der Waals surface area contributed by atoms with E-state index in [1.807, 2.05) is 115 Å². The zero-order chi connectivity index (χ0) is 36.1. The number of alkyl carbamates (subject to hydrolysis) is 1. The summed E-state index contributed by atoms with van der Waals surface area (Å²) < 4.78 is 13.1. The Bertz CT molecular complexity index is 1840. The molecule has 0 aliphatic carbocycles. The molecule has 1 aromatic heterocycles. The summed E-state index contributed by atoms with van der Waals surface area (Å²) in [5.41, 5.74) is 4.06. The molecular weight excluding hydrogens is 642 g/mol. The Hall–Kier alpha value is -5.90. The van der Waals surface area contributed by atoms with E-state index >= 15 is 0 Å². The highest BCUT2D eigenvalue weighted by molar-refractivity contribution is 5.89. The van der Waals surface area contributed by atoms with Crippen molar-refractivity contribution in [1.82, 2.24) is 25.1 Å². The van der Waals surface area contributed by atoms with Gasteiger partial charge in [0.15, 0.2) is 0 Å². The van der Waals surface area contributed by atoms with E-state index in [4.69, 9.17) is 9.47 Å². The number of amides is 3. The average Bonchev–Trinajstić information content (AvgIpc) is 3.59. The van der Waals surface area contributed by atoms with Gasteiger partial charge >= 0.3 is 6.09 Å². The number of aryl methyl sites for hydroxylation is 1.